The van der Waals surface area contributed by atoms with E-state index in [0.29, 0.717) is 10.0 Å². The van der Waals surface area contributed by atoms with Crippen LogP contribution < -0.4 is 11.3 Å². The van der Waals surface area contributed by atoms with Crippen LogP contribution in [0, 0.1) is 0 Å². The van der Waals surface area contributed by atoms with Crippen LogP contribution in [0.4, 0.5) is 0 Å². The summed E-state index contributed by atoms with van der Waals surface area (Å²) in [5.41, 5.74) is 4.45. The Labute approximate surface area is 122 Å². The Hall–Kier alpha value is -1.07. The molecule has 0 aliphatic carbocycles. The molecule has 102 valence electrons. The molecule has 0 aliphatic rings. The molecule has 0 spiro atoms. The lowest BCUT2D eigenvalue weighted by molar-refractivity contribution is 0.476. The maximum Gasteiger partial charge on any atom is 0.0907 e. The van der Waals surface area contributed by atoms with Gasteiger partial charge in [-0.25, -0.2) is 5.43 Å². The molecule has 3 N–H and O–H groups in total. The summed E-state index contributed by atoms with van der Waals surface area (Å²) < 4.78 is 1.84. The van der Waals surface area contributed by atoms with E-state index in [1.54, 1.807) is 6.20 Å². The molecule has 1 heterocycles. The van der Waals surface area contributed by atoms with Crippen molar-refractivity contribution in [1.82, 2.24) is 15.2 Å². The van der Waals surface area contributed by atoms with Gasteiger partial charge in [0.15, 0.2) is 0 Å². The summed E-state index contributed by atoms with van der Waals surface area (Å²) in [7, 11) is 0. The Kier molecular flexibility index (Phi) is 4.47. The predicted octanol–water partition coefficient (Wildman–Crippen LogP) is 3.32. The van der Waals surface area contributed by atoms with Gasteiger partial charge in [0, 0.05) is 11.1 Å². The highest BCUT2D eigenvalue weighted by atomic mass is 35.5. The van der Waals surface area contributed by atoms with Crippen LogP contribution in [-0.2, 0) is 0 Å². The largest absolute Gasteiger partial charge is 0.271 e. The molecule has 0 radical (unpaired) electrons. The second-order valence-corrected chi connectivity index (χ2v) is 5.35. The number of hydrogen-bond acceptors (Lipinski definition) is 3. The smallest absolute Gasteiger partial charge is 0.0907 e. The van der Waals surface area contributed by atoms with Gasteiger partial charge in [-0.15, -0.1) is 0 Å². The zero-order valence-electron chi connectivity index (χ0n) is 10.8. The lowest BCUT2D eigenvalue weighted by Crippen LogP contribution is -2.31. The fraction of sp³-hybridized carbons (Fsp3) is 0.308. The number of nitrogens with zero attached hydrogens (tertiary/aromatic N) is 2. The molecule has 0 aliphatic heterocycles. The summed E-state index contributed by atoms with van der Waals surface area (Å²) >= 11 is 12.5. The highest BCUT2D eigenvalue weighted by Gasteiger charge is 2.23. The first-order valence-electron chi connectivity index (χ1n) is 5.99. The van der Waals surface area contributed by atoms with Gasteiger partial charge >= 0.3 is 0 Å². The van der Waals surface area contributed by atoms with Crippen LogP contribution in [-0.4, -0.2) is 9.78 Å². The zero-order chi connectivity index (χ0) is 14.0. The molecule has 1 aromatic heterocycles. The van der Waals surface area contributed by atoms with Crippen LogP contribution >= 0.6 is 23.2 Å². The van der Waals surface area contributed by atoms with E-state index < -0.39 is 0 Å². The van der Waals surface area contributed by atoms with Gasteiger partial charge in [-0.3, -0.25) is 10.5 Å². The highest BCUT2D eigenvalue weighted by Crippen LogP contribution is 2.32. The van der Waals surface area contributed by atoms with Crippen LogP contribution in [0.2, 0.25) is 10.0 Å². The number of benzene rings is 1. The molecule has 0 bridgehead atoms. The number of hydrogen-bond donors (Lipinski definition) is 2. The first-order chi connectivity index (χ1) is 9.06. The highest BCUT2D eigenvalue weighted by molar-refractivity contribution is 6.32. The minimum absolute atomic E-state index is 0.181. The first-order valence-corrected chi connectivity index (χ1v) is 6.75. The summed E-state index contributed by atoms with van der Waals surface area (Å²) in [5.74, 6) is 5.69. The summed E-state index contributed by atoms with van der Waals surface area (Å²) in [6.45, 7) is 4.07. The Balaban J connectivity index is 2.55. The van der Waals surface area contributed by atoms with Gasteiger partial charge in [-0.2, -0.15) is 5.10 Å². The van der Waals surface area contributed by atoms with Crippen molar-refractivity contribution in [3.05, 3.63) is 51.8 Å². The number of rotatable bonds is 4. The third-order valence-corrected chi connectivity index (χ3v) is 3.57. The molecule has 2 rings (SSSR count). The van der Waals surface area contributed by atoms with Gasteiger partial charge in [0.1, 0.15) is 0 Å². The van der Waals surface area contributed by atoms with E-state index in [-0.39, 0.29) is 12.1 Å². The van der Waals surface area contributed by atoms with Gasteiger partial charge in [0.05, 0.1) is 23.0 Å². The molecule has 4 nitrogen and oxygen atoms in total. The average Bonchev–Trinajstić information content (AvgIpc) is 2.75. The number of hydrazine groups is 1. The second kappa shape index (κ2) is 5.92. The molecule has 2 aromatic rings. The fourth-order valence-electron chi connectivity index (χ4n) is 2.06. The summed E-state index contributed by atoms with van der Waals surface area (Å²) in [6.07, 6.45) is 1.62. The van der Waals surface area contributed by atoms with Gasteiger partial charge in [0.25, 0.3) is 0 Å². The maximum absolute atomic E-state index is 6.24. The second-order valence-electron chi connectivity index (χ2n) is 4.54. The number of aromatic nitrogens is 2. The number of nitrogens with one attached hydrogen (secondary N) is 1. The number of nitrogens with two attached hydrogens (primary N) is 1. The van der Waals surface area contributed by atoms with Crippen molar-refractivity contribution in [3.8, 4) is 0 Å². The van der Waals surface area contributed by atoms with E-state index in [0.717, 1.165) is 11.3 Å². The maximum atomic E-state index is 6.24. The van der Waals surface area contributed by atoms with Crippen molar-refractivity contribution >= 4 is 23.2 Å². The molecular weight excluding hydrogens is 283 g/mol. The normalized spacial score (nSPS) is 12.9. The lowest BCUT2D eigenvalue weighted by Gasteiger charge is -2.21. The third kappa shape index (κ3) is 2.77. The number of halogens is 2. The predicted molar refractivity (Wildman–Crippen MR) is 78.2 cm³/mol. The van der Waals surface area contributed by atoms with Crippen molar-refractivity contribution in [2.24, 2.45) is 5.84 Å². The van der Waals surface area contributed by atoms with Crippen LogP contribution in [0.1, 0.15) is 37.2 Å². The third-order valence-electron chi connectivity index (χ3n) is 2.93. The zero-order valence-corrected chi connectivity index (χ0v) is 12.3. The summed E-state index contributed by atoms with van der Waals surface area (Å²) in [4.78, 5) is 0. The summed E-state index contributed by atoms with van der Waals surface area (Å²) in [6, 6.07) is 7.41. The summed E-state index contributed by atoms with van der Waals surface area (Å²) in [5, 5.41) is 5.49. The Bertz CT molecular complexity index is 566. The Morgan fingerprint density at radius 2 is 1.89 bits per heavy atom. The fourth-order valence-corrected chi connectivity index (χ4v) is 2.54. The lowest BCUT2D eigenvalue weighted by atomic mass is 10.0. The SMILES string of the molecule is CC(C)n1ncc(Cl)c1C(NN)c1ccccc1Cl. The molecule has 19 heavy (non-hydrogen) atoms. The van der Waals surface area contributed by atoms with E-state index in [9.17, 15) is 0 Å². The van der Waals surface area contributed by atoms with Crippen molar-refractivity contribution < 1.29 is 0 Å². The quantitative estimate of drug-likeness (QED) is 0.672. The average molecular weight is 299 g/mol. The van der Waals surface area contributed by atoms with Crippen molar-refractivity contribution in [3.63, 3.8) is 0 Å². The van der Waals surface area contributed by atoms with E-state index in [4.69, 9.17) is 29.0 Å². The van der Waals surface area contributed by atoms with Gasteiger partial charge < -0.3 is 0 Å². The van der Waals surface area contributed by atoms with Gasteiger partial charge in [-0.1, -0.05) is 41.4 Å². The standard InChI is InChI=1S/C13H16Cl2N4/c1-8(2)19-13(11(15)7-17-19)12(18-16)9-5-3-4-6-10(9)14/h3-8,12,18H,16H2,1-2H3. The molecule has 0 saturated carbocycles. The molecular formula is C13H16Cl2N4. The molecule has 1 aromatic carbocycles. The minimum Gasteiger partial charge on any atom is -0.271 e. The van der Waals surface area contributed by atoms with E-state index in [2.05, 4.69) is 10.5 Å². The molecule has 1 unspecified atom stereocenters. The molecule has 0 amide bonds. The van der Waals surface area contributed by atoms with Gasteiger partial charge in [-0.05, 0) is 25.5 Å². The first kappa shape index (κ1) is 14.3. The van der Waals surface area contributed by atoms with Crippen molar-refractivity contribution in [2.45, 2.75) is 25.9 Å². The van der Waals surface area contributed by atoms with E-state index in [1.807, 2.05) is 42.8 Å². The van der Waals surface area contributed by atoms with E-state index >= 15 is 0 Å². The van der Waals surface area contributed by atoms with Gasteiger partial charge in [0.2, 0.25) is 0 Å². The van der Waals surface area contributed by atoms with Crippen LogP contribution in [0.25, 0.3) is 0 Å². The van der Waals surface area contributed by atoms with Crippen LogP contribution in [0.5, 0.6) is 0 Å². The molecule has 0 saturated heterocycles. The minimum atomic E-state index is -0.300. The van der Waals surface area contributed by atoms with E-state index in [1.165, 1.54) is 0 Å². The van der Waals surface area contributed by atoms with Crippen molar-refractivity contribution in [1.29, 1.82) is 0 Å². The monoisotopic (exact) mass is 298 g/mol. The van der Waals surface area contributed by atoms with Crippen molar-refractivity contribution in [2.75, 3.05) is 0 Å². The molecule has 1 atom stereocenters. The Morgan fingerprint density at radius 1 is 1.21 bits per heavy atom. The van der Waals surface area contributed by atoms with Crippen LogP contribution in [0.15, 0.2) is 30.5 Å². The molecule has 6 heteroatoms. The molecule has 0 fully saturated rings. The topological polar surface area (TPSA) is 55.9 Å². The van der Waals surface area contributed by atoms with Crippen LogP contribution in [0.3, 0.4) is 0 Å². The Morgan fingerprint density at radius 3 is 2.47 bits per heavy atom.